The maximum atomic E-state index is 7.00. The lowest BCUT2D eigenvalue weighted by atomic mass is 9.44. The second-order valence-corrected chi connectivity index (χ2v) is 15.6. The number of para-hydroxylation sites is 5. The zero-order valence-corrected chi connectivity index (χ0v) is 31.8. The highest BCUT2D eigenvalue weighted by Gasteiger charge is 2.44. The second-order valence-electron chi connectivity index (χ2n) is 15.6. The number of hydrogen-bond donors (Lipinski definition) is 0. The minimum absolute atomic E-state index is 0.0999. The minimum atomic E-state index is -0.0999. The van der Waals surface area contributed by atoms with Crippen molar-refractivity contribution in [2.24, 2.45) is 0 Å². The minimum Gasteiger partial charge on any atom is -0.458 e. The Morgan fingerprint density at radius 3 is 1.90 bits per heavy atom. The number of rotatable bonds is 4. The lowest BCUT2D eigenvalue weighted by Gasteiger charge is -2.42. The van der Waals surface area contributed by atoms with E-state index in [2.05, 4.69) is 204 Å². The Balaban J connectivity index is 1.10. The summed E-state index contributed by atoms with van der Waals surface area (Å²) in [6, 6.07) is 71.9. The molecule has 274 valence electrons. The first-order valence-electron chi connectivity index (χ1n) is 20.2. The van der Waals surface area contributed by atoms with Gasteiger partial charge in [0.2, 0.25) is 0 Å². The number of hydrogen-bond acceptors (Lipinski definition) is 3. The molecule has 0 spiro atoms. The highest BCUT2D eigenvalue weighted by Crippen LogP contribution is 2.48. The predicted octanol–water partition coefficient (Wildman–Crippen LogP) is 13.0. The summed E-state index contributed by atoms with van der Waals surface area (Å²) in [7, 11) is 0. The first kappa shape index (κ1) is 32.3. The van der Waals surface area contributed by atoms with Crippen molar-refractivity contribution in [2.75, 3.05) is 4.81 Å². The van der Waals surface area contributed by atoms with Gasteiger partial charge in [-0.15, -0.1) is 0 Å². The van der Waals surface area contributed by atoms with Crippen LogP contribution in [0, 0.1) is 0 Å². The topological polar surface area (TPSA) is 30.5 Å². The molecule has 11 aromatic rings. The molecule has 5 heteroatoms. The van der Waals surface area contributed by atoms with Crippen LogP contribution in [0.1, 0.15) is 0 Å². The van der Waals surface area contributed by atoms with Crippen LogP contribution in [0.4, 0.5) is 11.4 Å². The Labute approximate surface area is 340 Å². The number of aromatic nitrogens is 1. The van der Waals surface area contributed by atoms with Crippen LogP contribution in [-0.2, 0) is 0 Å². The summed E-state index contributed by atoms with van der Waals surface area (Å²) >= 11 is 0. The Morgan fingerprint density at radius 1 is 0.407 bits per heavy atom. The summed E-state index contributed by atoms with van der Waals surface area (Å²) in [5.41, 5.74) is 16.7. The van der Waals surface area contributed by atoms with E-state index < -0.39 is 0 Å². The number of anilines is 2. The molecule has 2 aliphatic rings. The molecule has 9 aromatic carbocycles. The van der Waals surface area contributed by atoms with Crippen LogP contribution in [0.5, 0.6) is 11.5 Å². The van der Waals surface area contributed by atoms with Crippen molar-refractivity contribution in [1.29, 1.82) is 0 Å². The lowest BCUT2D eigenvalue weighted by Crippen LogP contribution is -2.59. The van der Waals surface area contributed by atoms with Crippen LogP contribution in [0.2, 0.25) is 0 Å². The SMILES string of the molecule is c1ccc(N2B3c4ccccc4Oc4cc(-n5c6ccccc6c6ccccc65)cc(c43)-c3cc(-c4ccccc4-c4cccc5oc6ccccc6c45)ccc32)cc1. The van der Waals surface area contributed by atoms with Crippen molar-refractivity contribution in [3.05, 3.63) is 200 Å². The van der Waals surface area contributed by atoms with Gasteiger partial charge in [0.1, 0.15) is 22.7 Å². The largest absolute Gasteiger partial charge is 0.458 e. The smallest absolute Gasteiger partial charge is 0.336 e. The fraction of sp³-hybridized carbons (Fsp3) is 0. The number of furan rings is 1. The molecule has 2 aromatic heterocycles. The van der Waals surface area contributed by atoms with Gasteiger partial charge in [-0.3, -0.25) is 0 Å². The number of ether oxygens (including phenoxy) is 1. The zero-order chi connectivity index (χ0) is 38.6. The molecule has 0 radical (unpaired) electrons. The number of benzene rings is 9. The molecule has 0 N–H and O–H groups in total. The summed E-state index contributed by atoms with van der Waals surface area (Å²) in [5.74, 6) is 1.75. The summed E-state index contributed by atoms with van der Waals surface area (Å²) in [6.07, 6.45) is 0. The third kappa shape index (κ3) is 4.67. The van der Waals surface area contributed by atoms with Crippen molar-refractivity contribution in [2.45, 2.75) is 0 Å². The van der Waals surface area contributed by atoms with Crippen LogP contribution in [0.25, 0.3) is 82.8 Å². The molecule has 0 amide bonds. The van der Waals surface area contributed by atoms with Crippen molar-refractivity contribution < 1.29 is 9.15 Å². The van der Waals surface area contributed by atoms with Crippen LogP contribution < -0.4 is 20.5 Å². The summed E-state index contributed by atoms with van der Waals surface area (Å²) in [4.78, 5) is 2.51. The molecule has 0 bridgehead atoms. The van der Waals surface area contributed by atoms with Gasteiger partial charge in [-0.05, 0) is 93.9 Å². The average molecular weight is 753 g/mol. The monoisotopic (exact) mass is 752 g/mol. The standard InChI is InChI=1S/C54H33BN2O2/c1-2-15-35(16-3-1)57-48-30-29-34(37-17-4-5-18-38(37)41-22-14-28-51-53(41)42-21-8-12-26-49(42)58-51)31-43(48)44-32-36(33-52-54(44)55(57)45-23-9-13-27-50(45)59-52)56-46-24-10-6-19-39(46)40-20-7-11-25-47(40)56/h1-33H. The summed E-state index contributed by atoms with van der Waals surface area (Å²) in [5, 5.41) is 4.72. The van der Waals surface area contributed by atoms with E-state index in [0.29, 0.717) is 0 Å². The van der Waals surface area contributed by atoms with Gasteiger partial charge in [0.15, 0.2) is 0 Å². The van der Waals surface area contributed by atoms with Crippen LogP contribution >= 0.6 is 0 Å². The highest BCUT2D eigenvalue weighted by molar-refractivity contribution is 6.92. The van der Waals surface area contributed by atoms with E-state index >= 15 is 0 Å². The summed E-state index contributed by atoms with van der Waals surface area (Å²) in [6.45, 7) is -0.0999. The van der Waals surface area contributed by atoms with Gasteiger partial charge in [0.05, 0.1) is 16.7 Å². The Kier molecular flexibility index (Phi) is 6.78. The molecule has 0 saturated carbocycles. The van der Waals surface area contributed by atoms with Gasteiger partial charge < -0.3 is 18.5 Å². The van der Waals surface area contributed by atoms with Crippen LogP contribution in [0.15, 0.2) is 205 Å². The van der Waals surface area contributed by atoms with Gasteiger partial charge >= 0.3 is 6.85 Å². The molecule has 4 heterocycles. The molecule has 0 fully saturated rings. The van der Waals surface area contributed by atoms with E-state index in [9.17, 15) is 0 Å². The molecule has 0 aliphatic carbocycles. The number of fused-ring (bicyclic) bond motifs is 10. The number of nitrogens with zero attached hydrogens (tertiary/aromatic N) is 2. The Bertz CT molecular complexity index is 3460. The predicted molar refractivity (Wildman–Crippen MR) is 244 cm³/mol. The van der Waals surface area contributed by atoms with E-state index in [1.165, 1.54) is 32.8 Å². The third-order valence-electron chi connectivity index (χ3n) is 12.4. The fourth-order valence-corrected chi connectivity index (χ4v) is 9.99. The molecule has 2 aliphatic heterocycles. The van der Waals surface area contributed by atoms with Crippen molar-refractivity contribution >= 4 is 72.9 Å². The van der Waals surface area contributed by atoms with Gasteiger partial charge in [-0.1, -0.05) is 133 Å². The molecular weight excluding hydrogens is 719 g/mol. The van der Waals surface area contributed by atoms with Gasteiger partial charge in [0, 0.05) is 50.0 Å². The zero-order valence-electron chi connectivity index (χ0n) is 31.8. The molecule has 59 heavy (non-hydrogen) atoms. The van der Waals surface area contributed by atoms with Crippen molar-refractivity contribution in [3.8, 4) is 50.6 Å². The molecule has 0 atom stereocenters. The maximum Gasteiger partial charge on any atom is 0.336 e. The van der Waals surface area contributed by atoms with E-state index in [1.54, 1.807) is 0 Å². The first-order chi connectivity index (χ1) is 29.3. The van der Waals surface area contributed by atoms with Crippen LogP contribution in [-0.4, -0.2) is 11.4 Å². The molecule has 4 nitrogen and oxygen atoms in total. The van der Waals surface area contributed by atoms with E-state index in [-0.39, 0.29) is 6.85 Å². The van der Waals surface area contributed by atoms with E-state index in [0.717, 1.165) is 83.8 Å². The Morgan fingerprint density at radius 2 is 1.07 bits per heavy atom. The molecule has 0 unspecified atom stereocenters. The third-order valence-corrected chi connectivity index (χ3v) is 12.4. The normalized spacial score (nSPS) is 12.8. The molecular formula is C54H33BN2O2. The fourth-order valence-electron chi connectivity index (χ4n) is 9.99. The maximum absolute atomic E-state index is 7.00. The van der Waals surface area contributed by atoms with Crippen molar-refractivity contribution in [1.82, 2.24) is 4.57 Å². The average Bonchev–Trinajstić information content (AvgIpc) is 3.85. The van der Waals surface area contributed by atoms with Gasteiger partial charge in [-0.25, -0.2) is 0 Å². The van der Waals surface area contributed by atoms with Crippen LogP contribution in [0.3, 0.4) is 0 Å². The molecule has 0 saturated heterocycles. The van der Waals surface area contributed by atoms with E-state index in [1.807, 2.05) is 6.07 Å². The van der Waals surface area contributed by atoms with Gasteiger partial charge in [0.25, 0.3) is 0 Å². The van der Waals surface area contributed by atoms with Crippen molar-refractivity contribution in [3.63, 3.8) is 0 Å². The molecule has 13 rings (SSSR count). The second kappa shape index (κ2) is 12.4. The lowest BCUT2D eigenvalue weighted by molar-refractivity contribution is 0.487. The Hall–Kier alpha value is -7.76. The highest BCUT2D eigenvalue weighted by atomic mass is 16.5. The first-order valence-corrected chi connectivity index (χ1v) is 20.2. The van der Waals surface area contributed by atoms with E-state index in [4.69, 9.17) is 9.15 Å². The van der Waals surface area contributed by atoms with Gasteiger partial charge in [-0.2, -0.15) is 0 Å². The quantitative estimate of drug-likeness (QED) is 0.168. The summed E-state index contributed by atoms with van der Waals surface area (Å²) < 4.78 is 15.8.